The molecule has 0 bridgehead atoms. The highest BCUT2D eigenvalue weighted by molar-refractivity contribution is 6.32. The molecule has 0 fully saturated rings. The molecule has 1 aromatic rings. The molecule has 1 aromatic carbocycles. The van der Waals surface area contributed by atoms with Crippen LogP contribution in [-0.4, -0.2) is 31.7 Å². The minimum absolute atomic E-state index is 0.0277. The second-order valence-electron chi connectivity index (χ2n) is 3.69. The lowest BCUT2D eigenvalue weighted by molar-refractivity contribution is -0.138. The lowest BCUT2D eigenvalue weighted by atomic mass is 9.97. The van der Waals surface area contributed by atoms with Crippen LogP contribution in [0.3, 0.4) is 0 Å². The van der Waals surface area contributed by atoms with E-state index in [1.165, 1.54) is 0 Å². The van der Waals surface area contributed by atoms with Gasteiger partial charge in [-0.15, -0.1) is 0 Å². The molecule has 1 rings (SSSR count). The van der Waals surface area contributed by atoms with Gasteiger partial charge in [0, 0.05) is 36.9 Å². The van der Waals surface area contributed by atoms with Crippen molar-refractivity contribution < 1.29 is 9.90 Å². The number of carboxylic acids is 1. The zero-order valence-corrected chi connectivity index (χ0v) is 10.0. The highest BCUT2D eigenvalue weighted by Crippen LogP contribution is 2.32. The van der Waals surface area contributed by atoms with Crippen LogP contribution in [0, 0.1) is 0 Å². The van der Waals surface area contributed by atoms with E-state index in [2.05, 4.69) is 0 Å². The first-order valence-electron chi connectivity index (χ1n) is 4.87. The van der Waals surface area contributed by atoms with Gasteiger partial charge in [0.05, 0.1) is 5.92 Å². The van der Waals surface area contributed by atoms with Crippen LogP contribution >= 0.6 is 11.6 Å². The second kappa shape index (κ2) is 5.18. The monoisotopic (exact) mass is 242 g/mol. The zero-order chi connectivity index (χ0) is 12.3. The Morgan fingerprint density at radius 2 is 2.19 bits per heavy atom. The molecule has 0 saturated carbocycles. The van der Waals surface area contributed by atoms with Crippen LogP contribution in [0.1, 0.15) is 11.5 Å². The first-order chi connectivity index (χ1) is 7.49. The van der Waals surface area contributed by atoms with E-state index in [9.17, 15) is 4.79 Å². The fraction of sp³-hybridized carbons (Fsp3) is 0.364. The number of nitrogens with two attached hydrogens (primary N) is 1. The maximum Gasteiger partial charge on any atom is 0.312 e. The molecule has 4 nitrogen and oxygen atoms in total. The first-order valence-corrected chi connectivity index (χ1v) is 5.25. The number of halogens is 1. The molecule has 0 aliphatic rings. The predicted octanol–water partition coefficient (Wildman–Crippen LogP) is 1.53. The van der Waals surface area contributed by atoms with Crippen LogP contribution in [0.15, 0.2) is 18.2 Å². The van der Waals surface area contributed by atoms with Crippen molar-refractivity contribution in [3.8, 4) is 0 Å². The fourth-order valence-electron chi connectivity index (χ4n) is 1.60. The van der Waals surface area contributed by atoms with Crippen molar-refractivity contribution in [1.29, 1.82) is 0 Å². The van der Waals surface area contributed by atoms with Gasteiger partial charge in [0.25, 0.3) is 0 Å². The molecule has 1 unspecified atom stereocenters. The molecule has 3 N–H and O–H groups in total. The summed E-state index contributed by atoms with van der Waals surface area (Å²) in [6.45, 7) is 0.0277. The third kappa shape index (κ3) is 2.46. The van der Waals surface area contributed by atoms with Gasteiger partial charge in [-0.3, -0.25) is 4.79 Å². The summed E-state index contributed by atoms with van der Waals surface area (Å²) in [5, 5.41) is 9.53. The van der Waals surface area contributed by atoms with Crippen molar-refractivity contribution in [2.75, 3.05) is 25.5 Å². The third-order valence-electron chi connectivity index (χ3n) is 2.39. The Balaban J connectivity index is 3.34. The van der Waals surface area contributed by atoms with Crippen LogP contribution in [0.4, 0.5) is 5.69 Å². The molecule has 0 saturated heterocycles. The van der Waals surface area contributed by atoms with Crippen LogP contribution in [0.25, 0.3) is 0 Å². The lowest BCUT2D eigenvalue weighted by Crippen LogP contribution is -2.24. The molecule has 0 spiro atoms. The number of aliphatic carboxylic acids is 1. The van der Waals surface area contributed by atoms with Gasteiger partial charge in [0.15, 0.2) is 0 Å². The smallest absolute Gasteiger partial charge is 0.312 e. The molecule has 1 atom stereocenters. The minimum atomic E-state index is -0.960. The van der Waals surface area contributed by atoms with Crippen molar-refractivity contribution in [1.82, 2.24) is 0 Å². The molecule has 16 heavy (non-hydrogen) atoms. The van der Waals surface area contributed by atoms with E-state index in [-0.39, 0.29) is 6.54 Å². The molecular weight excluding hydrogens is 228 g/mol. The summed E-state index contributed by atoms with van der Waals surface area (Å²) in [5.41, 5.74) is 6.84. The van der Waals surface area contributed by atoms with Gasteiger partial charge in [-0.25, -0.2) is 0 Å². The molecule has 0 radical (unpaired) electrons. The Labute approximate surface area is 99.6 Å². The Bertz CT molecular complexity index is 394. The summed E-state index contributed by atoms with van der Waals surface area (Å²) < 4.78 is 0. The van der Waals surface area contributed by atoms with E-state index in [0.29, 0.717) is 10.6 Å². The van der Waals surface area contributed by atoms with Crippen molar-refractivity contribution in [2.45, 2.75) is 5.92 Å². The molecule has 0 heterocycles. The molecular formula is C11H15ClN2O2. The van der Waals surface area contributed by atoms with E-state index in [4.69, 9.17) is 22.4 Å². The number of rotatable bonds is 4. The normalized spacial score (nSPS) is 12.2. The number of anilines is 1. The van der Waals surface area contributed by atoms with Crippen LogP contribution < -0.4 is 10.6 Å². The third-order valence-corrected chi connectivity index (χ3v) is 2.72. The van der Waals surface area contributed by atoms with E-state index in [1.807, 2.05) is 25.1 Å². The van der Waals surface area contributed by atoms with Crippen LogP contribution in [0.5, 0.6) is 0 Å². The van der Waals surface area contributed by atoms with Crippen molar-refractivity contribution in [3.05, 3.63) is 28.8 Å². The average Bonchev–Trinajstić information content (AvgIpc) is 2.20. The summed E-state index contributed by atoms with van der Waals surface area (Å²) in [5.74, 6) is -1.73. The molecule has 88 valence electrons. The fourth-order valence-corrected chi connectivity index (χ4v) is 1.90. The Morgan fingerprint density at radius 3 is 2.62 bits per heavy atom. The SMILES string of the molecule is CN(C)c1cccc(Cl)c1C(CN)C(=O)O. The van der Waals surface area contributed by atoms with Gasteiger partial charge in [-0.1, -0.05) is 17.7 Å². The largest absolute Gasteiger partial charge is 0.481 e. The topological polar surface area (TPSA) is 66.6 Å². The molecule has 0 aromatic heterocycles. The summed E-state index contributed by atoms with van der Waals surface area (Å²) in [6, 6.07) is 5.29. The average molecular weight is 243 g/mol. The van der Waals surface area contributed by atoms with E-state index >= 15 is 0 Å². The summed E-state index contributed by atoms with van der Waals surface area (Å²) in [6.07, 6.45) is 0. The van der Waals surface area contributed by atoms with Gasteiger partial charge in [-0.2, -0.15) is 0 Å². The number of carbonyl (C=O) groups is 1. The lowest BCUT2D eigenvalue weighted by Gasteiger charge is -2.22. The van der Waals surface area contributed by atoms with Gasteiger partial charge >= 0.3 is 5.97 Å². The molecule has 0 amide bonds. The number of hydrogen-bond acceptors (Lipinski definition) is 3. The predicted molar refractivity (Wildman–Crippen MR) is 65.2 cm³/mol. The standard InChI is InChI=1S/C11H15ClN2O2/c1-14(2)9-5-3-4-8(12)10(9)7(6-13)11(15)16/h3-5,7H,6,13H2,1-2H3,(H,15,16). The summed E-state index contributed by atoms with van der Waals surface area (Å²) in [4.78, 5) is 12.9. The molecule has 5 heteroatoms. The van der Waals surface area contributed by atoms with E-state index < -0.39 is 11.9 Å². The van der Waals surface area contributed by atoms with Crippen molar-refractivity contribution in [2.24, 2.45) is 5.73 Å². The molecule has 0 aliphatic heterocycles. The molecule has 0 aliphatic carbocycles. The van der Waals surface area contributed by atoms with Gasteiger partial charge < -0.3 is 15.7 Å². The van der Waals surface area contributed by atoms with E-state index in [0.717, 1.165) is 5.69 Å². The zero-order valence-electron chi connectivity index (χ0n) is 9.27. The maximum atomic E-state index is 11.1. The van der Waals surface area contributed by atoms with Gasteiger partial charge in [0.1, 0.15) is 0 Å². The summed E-state index contributed by atoms with van der Waals surface area (Å²) in [7, 11) is 3.68. The highest BCUT2D eigenvalue weighted by atomic mass is 35.5. The number of benzene rings is 1. The number of nitrogens with zero attached hydrogens (tertiary/aromatic N) is 1. The van der Waals surface area contributed by atoms with Crippen LogP contribution in [-0.2, 0) is 4.79 Å². The second-order valence-corrected chi connectivity index (χ2v) is 4.10. The number of carboxylic acid groups (broad SMARTS) is 1. The maximum absolute atomic E-state index is 11.1. The van der Waals surface area contributed by atoms with Crippen molar-refractivity contribution in [3.63, 3.8) is 0 Å². The Kier molecular flexibility index (Phi) is 4.15. The number of hydrogen-bond donors (Lipinski definition) is 2. The van der Waals surface area contributed by atoms with Gasteiger partial charge in [-0.05, 0) is 12.1 Å². The minimum Gasteiger partial charge on any atom is -0.481 e. The first kappa shape index (κ1) is 12.8. The Hall–Kier alpha value is -1.26. The Morgan fingerprint density at radius 1 is 1.56 bits per heavy atom. The van der Waals surface area contributed by atoms with Crippen LogP contribution in [0.2, 0.25) is 5.02 Å². The van der Waals surface area contributed by atoms with Gasteiger partial charge in [0.2, 0.25) is 0 Å². The van der Waals surface area contributed by atoms with E-state index in [1.54, 1.807) is 12.1 Å². The summed E-state index contributed by atoms with van der Waals surface area (Å²) >= 11 is 6.05. The quantitative estimate of drug-likeness (QED) is 0.841. The van der Waals surface area contributed by atoms with Crippen molar-refractivity contribution >= 4 is 23.3 Å². The highest BCUT2D eigenvalue weighted by Gasteiger charge is 2.24.